The van der Waals surface area contributed by atoms with Gasteiger partial charge in [-0.1, -0.05) is 0 Å². The normalized spacial score (nSPS) is 9.95. The van der Waals surface area contributed by atoms with Crippen molar-refractivity contribution in [1.82, 2.24) is 0 Å². The van der Waals surface area contributed by atoms with Crippen LogP contribution < -0.4 is 0 Å². The van der Waals surface area contributed by atoms with E-state index in [1.165, 1.54) is 27.6 Å². The van der Waals surface area contributed by atoms with E-state index in [4.69, 9.17) is 0 Å². The van der Waals surface area contributed by atoms with Crippen molar-refractivity contribution in [2.24, 2.45) is 0 Å². The summed E-state index contributed by atoms with van der Waals surface area (Å²) in [6, 6.07) is 12.2. The van der Waals surface area contributed by atoms with Gasteiger partial charge < -0.3 is 0 Å². The first-order valence-electron chi connectivity index (χ1n) is 6.63. The van der Waals surface area contributed by atoms with Crippen molar-refractivity contribution < 1.29 is 32.7 Å². The maximum atomic E-state index is 3.39. The third-order valence-electron chi connectivity index (χ3n) is 3.44. The fraction of sp³-hybridized carbons (Fsp3) is 0.375. The molecule has 1 heterocycles. The number of hydrogen-bond donors (Lipinski definition) is 0. The first-order chi connectivity index (χ1) is 8.56. The fourth-order valence-corrected chi connectivity index (χ4v) is 2.20. The average molecular weight is 322 g/mol. The number of benzene rings is 1. The molecular weight excluding hydrogens is 303 g/mol. The molecule has 2 aromatic rings. The van der Waals surface area contributed by atoms with E-state index >= 15 is 0 Å². The zero-order valence-corrected chi connectivity index (χ0v) is 15.2. The van der Waals surface area contributed by atoms with Crippen molar-refractivity contribution in [3.8, 4) is 0 Å². The van der Waals surface area contributed by atoms with Crippen LogP contribution in [0.1, 0.15) is 47.4 Å². The monoisotopic (exact) mass is 322 g/mol. The first kappa shape index (κ1) is 17.0. The SMILES string of the molecule is Cc1[c-]c(C)c(Cc2bbc(C(C)C)cc2)cc1.[Y]. The van der Waals surface area contributed by atoms with E-state index in [0.717, 1.165) is 6.42 Å². The van der Waals surface area contributed by atoms with Crippen LogP contribution in [0.3, 0.4) is 0 Å². The van der Waals surface area contributed by atoms with Gasteiger partial charge in [0.2, 0.25) is 0 Å². The molecule has 0 bridgehead atoms. The second-order valence-electron chi connectivity index (χ2n) is 5.36. The maximum Gasteiger partial charge on any atom is 0 e. The van der Waals surface area contributed by atoms with Gasteiger partial charge in [-0.2, -0.15) is 0 Å². The van der Waals surface area contributed by atoms with Crippen LogP contribution in [-0.2, 0) is 39.1 Å². The fourth-order valence-electron chi connectivity index (χ4n) is 2.20. The third kappa shape index (κ3) is 4.76. The molecule has 0 saturated carbocycles. The second-order valence-corrected chi connectivity index (χ2v) is 5.36. The molecule has 2 rings (SSSR count). The molecule has 0 aliphatic heterocycles. The Labute approximate surface area is 143 Å². The summed E-state index contributed by atoms with van der Waals surface area (Å²) in [5.41, 5.74) is 6.64. The van der Waals surface area contributed by atoms with E-state index < -0.39 is 0 Å². The van der Waals surface area contributed by atoms with Crippen molar-refractivity contribution in [3.63, 3.8) is 0 Å². The third-order valence-corrected chi connectivity index (χ3v) is 3.44. The van der Waals surface area contributed by atoms with Gasteiger partial charge in [0, 0.05) is 32.7 Å². The van der Waals surface area contributed by atoms with Crippen LogP contribution in [0.2, 0.25) is 0 Å². The predicted molar refractivity (Wildman–Crippen MR) is 80.8 cm³/mol. The summed E-state index contributed by atoms with van der Waals surface area (Å²) >= 11 is 0. The molecule has 0 spiro atoms. The molecule has 0 fully saturated rings. The molecule has 3 heteroatoms. The standard InChI is InChI=1S/C16H19B2.Y/c1-11(2)16-8-7-15(17-18-16)10-14-6-5-12(3)9-13(14)4;/h5-8,11H,10H2,1-4H3;/q-1;. The Hall–Kier alpha value is -0.0662. The van der Waals surface area contributed by atoms with Gasteiger partial charge in [0.1, 0.15) is 0 Å². The van der Waals surface area contributed by atoms with E-state index in [2.05, 4.69) is 71.6 Å². The first-order valence-corrected chi connectivity index (χ1v) is 6.63. The van der Waals surface area contributed by atoms with Gasteiger partial charge in [0.05, 0.1) is 0 Å². The average Bonchev–Trinajstić information content (AvgIpc) is 2.33. The van der Waals surface area contributed by atoms with E-state index in [-0.39, 0.29) is 32.7 Å². The molecular formula is C16H19B2Y-. The van der Waals surface area contributed by atoms with Crippen LogP contribution in [0.15, 0.2) is 24.3 Å². The van der Waals surface area contributed by atoms with Gasteiger partial charge in [-0.05, 0) is 0 Å². The molecule has 1 aromatic heterocycles. The molecule has 0 atom stereocenters. The topological polar surface area (TPSA) is 0 Å². The molecule has 1 radical (unpaired) electrons. The zero-order valence-electron chi connectivity index (χ0n) is 12.3. The smallest absolute Gasteiger partial charge is 0 e. The van der Waals surface area contributed by atoms with Crippen LogP contribution in [0, 0.1) is 19.9 Å². The molecule has 0 N–H and O–H groups in total. The summed E-state index contributed by atoms with van der Waals surface area (Å²) in [5.74, 6) is 0.605. The van der Waals surface area contributed by atoms with Crippen molar-refractivity contribution in [1.29, 1.82) is 0 Å². The molecule has 0 nitrogen and oxygen atoms in total. The Morgan fingerprint density at radius 1 is 1.05 bits per heavy atom. The summed E-state index contributed by atoms with van der Waals surface area (Å²) in [7, 11) is 0. The van der Waals surface area contributed by atoms with Crippen LogP contribution in [0.4, 0.5) is 0 Å². The molecule has 0 aliphatic carbocycles. The summed E-state index contributed by atoms with van der Waals surface area (Å²) in [6.07, 6.45) is 1.00. The van der Waals surface area contributed by atoms with Crippen LogP contribution >= 0.6 is 0 Å². The van der Waals surface area contributed by atoms with Crippen LogP contribution in [0.5, 0.6) is 0 Å². The Kier molecular flexibility index (Phi) is 6.84. The largest absolute Gasteiger partial charge is 0 e. The van der Waals surface area contributed by atoms with E-state index in [1.54, 1.807) is 0 Å². The Balaban J connectivity index is 0.00000180. The van der Waals surface area contributed by atoms with Crippen LogP contribution in [-0.4, -0.2) is 13.6 Å². The molecule has 0 aliphatic rings. The predicted octanol–water partition coefficient (Wildman–Crippen LogP) is 3.49. The second kappa shape index (κ2) is 7.65. The Morgan fingerprint density at radius 2 is 1.79 bits per heavy atom. The molecule has 93 valence electrons. The maximum absolute atomic E-state index is 3.39. The zero-order chi connectivity index (χ0) is 13.1. The van der Waals surface area contributed by atoms with E-state index in [1.807, 2.05) is 0 Å². The summed E-state index contributed by atoms with van der Waals surface area (Å²) < 4.78 is 0. The summed E-state index contributed by atoms with van der Waals surface area (Å²) in [5, 5.41) is 0. The molecule has 1 aromatic carbocycles. The van der Waals surface area contributed by atoms with Gasteiger partial charge in [-0.3, -0.25) is 0 Å². The van der Waals surface area contributed by atoms with E-state index in [9.17, 15) is 0 Å². The number of aryl methyl sites for hydroxylation is 2. The minimum atomic E-state index is 0. The molecule has 19 heavy (non-hydrogen) atoms. The summed E-state index contributed by atoms with van der Waals surface area (Å²) in [6.45, 7) is 13.2. The minimum Gasteiger partial charge on any atom is 0 e. The van der Waals surface area contributed by atoms with Crippen LogP contribution in [0.25, 0.3) is 0 Å². The number of hydrogen-bond acceptors (Lipinski definition) is 0. The Morgan fingerprint density at radius 3 is 2.32 bits per heavy atom. The van der Waals surface area contributed by atoms with Crippen molar-refractivity contribution in [2.75, 3.05) is 0 Å². The van der Waals surface area contributed by atoms with Gasteiger partial charge in [-0.25, -0.2) is 0 Å². The Bertz CT molecular complexity index is 533. The van der Waals surface area contributed by atoms with Crippen molar-refractivity contribution in [2.45, 2.75) is 40.0 Å². The summed E-state index contributed by atoms with van der Waals surface area (Å²) in [4.78, 5) is 0. The minimum absolute atomic E-state index is 0. The van der Waals surface area contributed by atoms with Gasteiger partial charge in [0.25, 0.3) is 0 Å². The molecule has 0 unspecified atom stereocenters. The van der Waals surface area contributed by atoms with Gasteiger partial charge >= 0.3 is 112 Å². The quantitative estimate of drug-likeness (QED) is 0.759. The van der Waals surface area contributed by atoms with Crippen molar-refractivity contribution >= 4 is 13.6 Å². The molecule has 0 saturated heterocycles. The molecule has 0 amide bonds. The number of rotatable bonds is 3. The van der Waals surface area contributed by atoms with Gasteiger partial charge in [-0.15, -0.1) is 0 Å². The van der Waals surface area contributed by atoms with Gasteiger partial charge in [0.15, 0.2) is 0 Å². The van der Waals surface area contributed by atoms with E-state index in [0.29, 0.717) is 5.92 Å². The van der Waals surface area contributed by atoms with Crippen molar-refractivity contribution in [3.05, 3.63) is 57.9 Å².